The van der Waals surface area contributed by atoms with Gasteiger partial charge in [-0.25, -0.2) is 13.2 Å². The minimum Gasteiger partial charge on any atom is -0.447 e. The van der Waals surface area contributed by atoms with E-state index in [1.54, 1.807) is 0 Å². The predicted octanol–water partition coefficient (Wildman–Crippen LogP) is -0.578. The minimum atomic E-state index is -3.14. The van der Waals surface area contributed by atoms with Crippen molar-refractivity contribution in [1.29, 1.82) is 0 Å². The number of sulfone groups is 1. The molecule has 2 heterocycles. The highest BCUT2D eigenvalue weighted by atomic mass is 32.2. The van der Waals surface area contributed by atoms with Crippen LogP contribution in [0.25, 0.3) is 0 Å². The van der Waals surface area contributed by atoms with Gasteiger partial charge in [-0.1, -0.05) is 0 Å². The largest absolute Gasteiger partial charge is 0.447 e. The van der Waals surface area contributed by atoms with Crippen molar-refractivity contribution in [3.63, 3.8) is 0 Å². The van der Waals surface area contributed by atoms with E-state index in [-0.39, 0.29) is 18.5 Å². The fourth-order valence-electron chi connectivity index (χ4n) is 1.19. The first kappa shape index (κ1) is 10.4. The Morgan fingerprint density at radius 3 is 2.87 bits per heavy atom. The molecule has 0 saturated carbocycles. The summed E-state index contributed by atoms with van der Waals surface area (Å²) in [7, 11) is -3.14. The van der Waals surface area contributed by atoms with Gasteiger partial charge < -0.3 is 14.8 Å². The second-order valence-electron chi connectivity index (χ2n) is 3.46. The summed E-state index contributed by atoms with van der Waals surface area (Å²) in [5.41, 5.74) is 0. The molecule has 0 radical (unpaired) electrons. The molecule has 1 N–H and O–H groups in total. The van der Waals surface area contributed by atoms with E-state index in [2.05, 4.69) is 5.32 Å². The highest BCUT2D eigenvalue weighted by Crippen LogP contribution is 2.10. The molecule has 0 aliphatic carbocycles. The van der Waals surface area contributed by atoms with Crippen LogP contribution in [0.4, 0.5) is 4.79 Å². The van der Waals surface area contributed by atoms with Gasteiger partial charge >= 0.3 is 6.09 Å². The number of nitrogens with one attached hydrogen (secondary N) is 1. The van der Waals surface area contributed by atoms with Crippen LogP contribution in [0.1, 0.15) is 0 Å². The maximum Gasteiger partial charge on any atom is 0.407 e. The number of amides is 1. The van der Waals surface area contributed by atoms with Crippen molar-refractivity contribution in [1.82, 2.24) is 5.32 Å². The summed E-state index contributed by atoms with van der Waals surface area (Å²) in [5.74, 6) is -0.0952. The second-order valence-corrected chi connectivity index (χ2v) is 5.39. The van der Waals surface area contributed by atoms with Crippen molar-refractivity contribution >= 4 is 15.9 Å². The third-order valence-electron chi connectivity index (χ3n) is 2.04. The number of rotatable bonds is 3. The van der Waals surface area contributed by atoms with E-state index in [1.165, 1.54) is 6.08 Å². The molecule has 84 valence electrons. The van der Waals surface area contributed by atoms with Crippen molar-refractivity contribution < 1.29 is 22.7 Å². The Bertz CT molecular complexity index is 384. The van der Waals surface area contributed by atoms with E-state index in [9.17, 15) is 13.2 Å². The van der Waals surface area contributed by atoms with Crippen molar-refractivity contribution in [2.45, 2.75) is 12.1 Å². The molecular formula is C8H11NO5S. The van der Waals surface area contributed by atoms with Gasteiger partial charge in [0.15, 0.2) is 9.84 Å². The minimum absolute atomic E-state index is 0.0126. The van der Waals surface area contributed by atoms with Crippen LogP contribution in [0.2, 0.25) is 0 Å². The zero-order valence-corrected chi connectivity index (χ0v) is 8.70. The first-order valence-corrected chi connectivity index (χ1v) is 6.22. The number of hydrogen-bond donors (Lipinski definition) is 1. The monoisotopic (exact) mass is 233 g/mol. The van der Waals surface area contributed by atoms with E-state index >= 15 is 0 Å². The molecule has 2 atom stereocenters. The zero-order chi connectivity index (χ0) is 10.9. The van der Waals surface area contributed by atoms with E-state index in [0.717, 1.165) is 5.41 Å². The summed E-state index contributed by atoms with van der Waals surface area (Å²) in [6.45, 7) is 0.833. The Kier molecular flexibility index (Phi) is 2.66. The van der Waals surface area contributed by atoms with E-state index < -0.39 is 22.0 Å². The van der Waals surface area contributed by atoms with Gasteiger partial charge in [0, 0.05) is 5.41 Å². The number of alkyl carbamates (subject to hydrolysis) is 1. The smallest absolute Gasteiger partial charge is 0.407 e. The number of hydrogen-bond acceptors (Lipinski definition) is 5. The number of carbonyl (C=O) groups is 1. The van der Waals surface area contributed by atoms with Crippen LogP contribution in [0, 0.1) is 0 Å². The van der Waals surface area contributed by atoms with Gasteiger partial charge in [-0.15, -0.1) is 0 Å². The van der Waals surface area contributed by atoms with Gasteiger partial charge in [-0.2, -0.15) is 0 Å². The number of ether oxygens (including phenoxy) is 2. The molecule has 0 aromatic rings. The Balaban J connectivity index is 1.72. The fraction of sp³-hybridized carbons (Fsp3) is 0.625. The summed E-state index contributed by atoms with van der Waals surface area (Å²) in [5, 5.41) is 3.53. The predicted molar refractivity (Wildman–Crippen MR) is 50.9 cm³/mol. The molecule has 1 fully saturated rings. The number of carbonyl (C=O) groups excluding carboxylic acids is 1. The Morgan fingerprint density at radius 1 is 1.60 bits per heavy atom. The zero-order valence-electron chi connectivity index (χ0n) is 7.88. The fourth-order valence-corrected chi connectivity index (χ4v) is 2.43. The lowest BCUT2D eigenvalue weighted by Crippen LogP contribution is -2.36. The van der Waals surface area contributed by atoms with Gasteiger partial charge in [-0.05, 0) is 6.08 Å². The molecule has 15 heavy (non-hydrogen) atoms. The molecule has 7 heteroatoms. The average molecular weight is 233 g/mol. The molecule has 2 aliphatic heterocycles. The highest BCUT2D eigenvalue weighted by molar-refractivity contribution is 7.94. The van der Waals surface area contributed by atoms with Crippen LogP contribution >= 0.6 is 0 Å². The van der Waals surface area contributed by atoms with E-state index in [4.69, 9.17) is 9.47 Å². The van der Waals surface area contributed by atoms with Gasteiger partial charge in [0.1, 0.15) is 12.7 Å². The lowest BCUT2D eigenvalue weighted by atomic mass is 10.3. The topological polar surface area (TPSA) is 85.0 Å². The SMILES string of the molecule is O=C(N[C@H]1C=CS(=O)(=O)C1)OC[C@@H]1CO1. The molecule has 0 aromatic heterocycles. The van der Waals surface area contributed by atoms with Gasteiger partial charge in [0.2, 0.25) is 0 Å². The molecule has 1 amide bonds. The maximum atomic E-state index is 11.1. The third-order valence-corrected chi connectivity index (χ3v) is 3.43. The Morgan fingerprint density at radius 2 is 2.33 bits per heavy atom. The normalized spacial score (nSPS) is 31.2. The van der Waals surface area contributed by atoms with Gasteiger partial charge in [0.05, 0.1) is 18.4 Å². The molecule has 1 saturated heterocycles. The van der Waals surface area contributed by atoms with Gasteiger partial charge in [-0.3, -0.25) is 0 Å². The summed E-state index contributed by atoms with van der Waals surface area (Å²) < 4.78 is 31.6. The first-order chi connectivity index (χ1) is 7.05. The Labute approximate surface area is 87.2 Å². The van der Waals surface area contributed by atoms with Crippen molar-refractivity contribution in [2.75, 3.05) is 19.0 Å². The Hall–Kier alpha value is -1.08. The first-order valence-electron chi connectivity index (χ1n) is 4.51. The van der Waals surface area contributed by atoms with Crippen LogP contribution in [0.15, 0.2) is 11.5 Å². The summed E-state index contributed by atoms with van der Waals surface area (Å²) >= 11 is 0. The number of epoxide rings is 1. The van der Waals surface area contributed by atoms with E-state index in [1.807, 2.05) is 0 Å². The molecular weight excluding hydrogens is 222 g/mol. The quantitative estimate of drug-likeness (QED) is 0.659. The molecule has 0 bridgehead atoms. The van der Waals surface area contributed by atoms with Crippen LogP contribution in [0.3, 0.4) is 0 Å². The van der Waals surface area contributed by atoms with Crippen LogP contribution in [0.5, 0.6) is 0 Å². The summed E-state index contributed by atoms with van der Waals surface area (Å²) in [6.07, 6.45) is 0.834. The van der Waals surface area contributed by atoms with Crippen molar-refractivity contribution in [3.05, 3.63) is 11.5 Å². The van der Waals surface area contributed by atoms with Crippen LogP contribution < -0.4 is 5.32 Å². The van der Waals surface area contributed by atoms with Crippen LogP contribution in [-0.4, -0.2) is 45.6 Å². The lowest BCUT2D eigenvalue weighted by molar-refractivity contribution is 0.135. The summed E-state index contributed by atoms with van der Waals surface area (Å²) in [6, 6.07) is -0.484. The molecule has 0 aromatic carbocycles. The highest BCUT2D eigenvalue weighted by Gasteiger charge is 2.26. The van der Waals surface area contributed by atoms with E-state index in [0.29, 0.717) is 6.61 Å². The molecule has 0 unspecified atom stereocenters. The van der Waals surface area contributed by atoms with Gasteiger partial charge in [0.25, 0.3) is 0 Å². The van der Waals surface area contributed by atoms with Crippen LogP contribution in [-0.2, 0) is 19.3 Å². The summed E-state index contributed by atoms with van der Waals surface area (Å²) in [4.78, 5) is 11.1. The molecule has 6 nitrogen and oxygen atoms in total. The standard InChI is InChI=1S/C8H11NO5S/c10-8(14-4-7-3-13-7)9-6-1-2-15(11,12)5-6/h1-2,6-7H,3-5H2,(H,9,10)/t6-,7-/m0/s1. The lowest BCUT2D eigenvalue weighted by Gasteiger charge is -2.09. The third kappa shape index (κ3) is 3.21. The molecule has 0 spiro atoms. The second kappa shape index (κ2) is 3.82. The molecule has 2 aliphatic rings. The molecule has 2 rings (SSSR count). The van der Waals surface area contributed by atoms with Crippen molar-refractivity contribution in [3.8, 4) is 0 Å². The van der Waals surface area contributed by atoms with Crippen molar-refractivity contribution in [2.24, 2.45) is 0 Å². The average Bonchev–Trinajstić information content (AvgIpc) is 2.89. The maximum absolute atomic E-state index is 11.1.